The van der Waals surface area contributed by atoms with Gasteiger partial charge in [0.1, 0.15) is 0 Å². The molecule has 1 amide bonds. The largest absolute Gasteiger partial charge is 0.352 e. The van der Waals surface area contributed by atoms with Crippen LogP contribution in [0, 0.1) is 5.92 Å². The minimum absolute atomic E-state index is 0.0939. The van der Waals surface area contributed by atoms with Gasteiger partial charge in [0.05, 0.1) is 0 Å². The van der Waals surface area contributed by atoms with Crippen molar-refractivity contribution in [1.29, 1.82) is 0 Å². The molecule has 1 N–H and O–H groups in total. The maximum Gasteiger partial charge on any atom is 0.251 e. The molecule has 1 atom stereocenters. The van der Waals surface area contributed by atoms with Gasteiger partial charge in [-0.1, -0.05) is 18.5 Å². The standard InChI is InChI=1S/C11H13Cl2NO/c1-8(6-12)7-14-11(15)9-2-4-10(13)5-3-9/h2-5,8H,6-7H2,1H3,(H,14,15). The summed E-state index contributed by atoms with van der Waals surface area (Å²) < 4.78 is 0. The molecule has 0 aliphatic carbocycles. The van der Waals surface area contributed by atoms with Gasteiger partial charge in [0, 0.05) is 23.0 Å². The first-order valence-electron chi connectivity index (χ1n) is 4.73. The highest BCUT2D eigenvalue weighted by Crippen LogP contribution is 2.09. The zero-order valence-corrected chi connectivity index (χ0v) is 9.98. The van der Waals surface area contributed by atoms with Crippen molar-refractivity contribution in [2.24, 2.45) is 5.92 Å². The molecule has 0 aliphatic heterocycles. The predicted octanol–water partition coefficient (Wildman–Crippen LogP) is 2.94. The first-order valence-corrected chi connectivity index (χ1v) is 5.64. The van der Waals surface area contributed by atoms with E-state index in [2.05, 4.69) is 5.32 Å². The van der Waals surface area contributed by atoms with Gasteiger partial charge >= 0.3 is 0 Å². The van der Waals surface area contributed by atoms with Gasteiger partial charge in [-0.15, -0.1) is 11.6 Å². The first-order chi connectivity index (χ1) is 7.13. The topological polar surface area (TPSA) is 29.1 Å². The smallest absolute Gasteiger partial charge is 0.251 e. The van der Waals surface area contributed by atoms with E-state index >= 15 is 0 Å². The van der Waals surface area contributed by atoms with Gasteiger partial charge in [-0.3, -0.25) is 4.79 Å². The third-order valence-electron chi connectivity index (χ3n) is 1.98. The molecular weight excluding hydrogens is 233 g/mol. The van der Waals surface area contributed by atoms with E-state index in [9.17, 15) is 4.79 Å². The van der Waals surface area contributed by atoms with Crippen LogP contribution in [0.5, 0.6) is 0 Å². The summed E-state index contributed by atoms with van der Waals surface area (Å²) in [6.45, 7) is 2.57. The lowest BCUT2D eigenvalue weighted by molar-refractivity contribution is 0.0949. The number of carbonyl (C=O) groups is 1. The van der Waals surface area contributed by atoms with Crippen molar-refractivity contribution in [2.75, 3.05) is 12.4 Å². The second-order valence-corrected chi connectivity index (χ2v) is 4.22. The highest BCUT2D eigenvalue weighted by Gasteiger charge is 2.06. The van der Waals surface area contributed by atoms with Crippen molar-refractivity contribution < 1.29 is 4.79 Å². The quantitative estimate of drug-likeness (QED) is 0.813. The van der Waals surface area contributed by atoms with Crippen LogP contribution in [0.4, 0.5) is 0 Å². The van der Waals surface area contributed by atoms with Gasteiger partial charge in [-0.2, -0.15) is 0 Å². The van der Waals surface area contributed by atoms with Gasteiger partial charge < -0.3 is 5.32 Å². The van der Waals surface area contributed by atoms with Crippen LogP contribution in [-0.2, 0) is 0 Å². The Morgan fingerprint density at radius 2 is 2.00 bits per heavy atom. The Balaban J connectivity index is 2.50. The SMILES string of the molecule is CC(CCl)CNC(=O)c1ccc(Cl)cc1. The highest BCUT2D eigenvalue weighted by molar-refractivity contribution is 6.30. The second-order valence-electron chi connectivity index (χ2n) is 3.48. The normalized spacial score (nSPS) is 12.2. The average Bonchev–Trinajstić information content (AvgIpc) is 2.26. The van der Waals surface area contributed by atoms with E-state index in [1.54, 1.807) is 24.3 Å². The molecule has 0 saturated carbocycles. The molecule has 2 nitrogen and oxygen atoms in total. The lowest BCUT2D eigenvalue weighted by Gasteiger charge is -2.09. The molecule has 0 saturated heterocycles. The van der Waals surface area contributed by atoms with E-state index in [1.165, 1.54) is 0 Å². The Morgan fingerprint density at radius 1 is 1.40 bits per heavy atom. The summed E-state index contributed by atoms with van der Waals surface area (Å²) in [4.78, 5) is 11.6. The van der Waals surface area contributed by atoms with Crippen LogP contribution in [0.15, 0.2) is 24.3 Å². The fourth-order valence-electron chi connectivity index (χ4n) is 1.02. The van der Waals surface area contributed by atoms with Crippen LogP contribution in [-0.4, -0.2) is 18.3 Å². The van der Waals surface area contributed by atoms with Crippen LogP contribution in [0.25, 0.3) is 0 Å². The summed E-state index contributed by atoms with van der Waals surface area (Å²) in [7, 11) is 0. The van der Waals surface area contributed by atoms with E-state index in [0.29, 0.717) is 23.0 Å². The summed E-state index contributed by atoms with van der Waals surface area (Å²) in [5.74, 6) is 0.729. The van der Waals surface area contributed by atoms with Crippen LogP contribution in [0.3, 0.4) is 0 Å². The summed E-state index contributed by atoms with van der Waals surface area (Å²) in [5.41, 5.74) is 0.612. The van der Waals surface area contributed by atoms with E-state index in [0.717, 1.165) is 0 Å². The first kappa shape index (κ1) is 12.3. The van der Waals surface area contributed by atoms with E-state index in [4.69, 9.17) is 23.2 Å². The number of rotatable bonds is 4. The summed E-state index contributed by atoms with van der Waals surface area (Å²) in [6, 6.07) is 6.79. The molecule has 0 heterocycles. The number of amides is 1. The lowest BCUT2D eigenvalue weighted by atomic mass is 10.2. The Morgan fingerprint density at radius 3 is 2.53 bits per heavy atom. The van der Waals surface area contributed by atoms with Crippen molar-refractivity contribution in [3.8, 4) is 0 Å². The maximum absolute atomic E-state index is 11.6. The number of nitrogens with one attached hydrogen (secondary N) is 1. The zero-order chi connectivity index (χ0) is 11.3. The second kappa shape index (κ2) is 5.99. The molecule has 0 radical (unpaired) electrons. The molecular formula is C11H13Cl2NO. The van der Waals surface area contributed by atoms with E-state index in [-0.39, 0.29) is 11.8 Å². The van der Waals surface area contributed by atoms with Gasteiger partial charge in [0.15, 0.2) is 0 Å². The minimum atomic E-state index is -0.0939. The molecule has 1 unspecified atom stereocenters. The molecule has 0 aliphatic rings. The van der Waals surface area contributed by atoms with Gasteiger partial charge in [0.2, 0.25) is 0 Å². The number of benzene rings is 1. The minimum Gasteiger partial charge on any atom is -0.352 e. The Bertz CT molecular complexity index is 324. The molecule has 82 valence electrons. The summed E-state index contributed by atoms with van der Waals surface area (Å²) >= 11 is 11.4. The van der Waals surface area contributed by atoms with E-state index in [1.807, 2.05) is 6.92 Å². The van der Waals surface area contributed by atoms with Crippen LogP contribution < -0.4 is 5.32 Å². The zero-order valence-electron chi connectivity index (χ0n) is 8.47. The number of halogens is 2. The van der Waals surface area contributed by atoms with Crippen LogP contribution >= 0.6 is 23.2 Å². The molecule has 0 fully saturated rings. The van der Waals surface area contributed by atoms with Crippen molar-refractivity contribution in [1.82, 2.24) is 5.32 Å². The Labute approximate surface area is 99.6 Å². The third-order valence-corrected chi connectivity index (χ3v) is 2.76. The molecule has 1 rings (SSSR count). The molecule has 15 heavy (non-hydrogen) atoms. The van der Waals surface area contributed by atoms with Crippen molar-refractivity contribution in [3.63, 3.8) is 0 Å². The fraction of sp³-hybridized carbons (Fsp3) is 0.364. The monoisotopic (exact) mass is 245 g/mol. The van der Waals surface area contributed by atoms with Crippen molar-refractivity contribution >= 4 is 29.1 Å². The number of carbonyl (C=O) groups excluding carboxylic acids is 1. The van der Waals surface area contributed by atoms with Gasteiger partial charge in [-0.25, -0.2) is 0 Å². The third kappa shape index (κ3) is 4.10. The molecule has 0 aromatic heterocycles. The Kier molecular flexibility index (Phi) is 4.92. The lowest BCUT2D eigenvalue weighted by Crippen LogP contribution is -2.28. The summed E-state index contributed by atoms with van der Waals surface area (Å²) in [5, 5.41) is 3.43. The van der Waals surface area contributed by atoms with Crippen molar-refractivity contribution in [3.05, 3.63) is 34.9 Å². The molecule has 1 aromatic rings. The van der Waals surface area contributed by atoms with E-state index < -0.39 is 0 Å². The average molecular weight is 246 g/mol. The molecule has 4 heteroatoms. The predicted molar refractivity (Wildman–Crippen MR) is 63.7 cm³/mol. The molecule has 0 spiro atoms. The highest BCUT2D eigenvalue weighted by atomic mass is 35.5. The van der Waals surface area contributed by atoms with Crippen molar-refractivity contribution in [2.45, 2.75) is 6.92 Å². The van der Waals surface area contributed by atoms with Gasteiger partial charge in [-0.05, 0) is 30.2 Å². The molecule has 0 bridgehead atoms. The maximum atomic E-state index is 11.6. The number of hydrogen-bond donors (Lipinski definition) is 1. The Hall–Kier alpha value is -0.730. The van der Waals surface area contributed by atoms with Gasteiger partial charge in [0.25, 0.3) is 5.91 Å². The number of alkyl halides is 1. The van der Waals surface area contributed by atoms with Crippen LogP contribution in [0.2, 0.25) is 5.02 Å². The number of hydrogen-bond acceptors (Lipinski definition) is 1. The summed E-state index contributed by atoms with van der Waals surface area (Å²) in [6.07, 6.45) is 0. The fourth-order valence-corrected chi connectivity index (χ4v) is 1.26. The molecule has 1 aromatic carbocycles. The van der Waals surface area contributed by atoms with Crippen LogP contribution in [0.1, 0.15) is 17.3 Å².